The van der Waals surface area contributed by atoms with E-state index in [-0.39, 0.29) is 18.5 Å². The molecule has 15 heavy (non-hydrogen) atoms. The van der Waals surface area contributed by atoms with Crippen molar-refractivity contribution in [2.45, 2.75) is 25.3 Å². The van der Waals surface area contributed by atoms with E-state index in [9.17, 15) is 9.59 Å². The van der Waals surface area contributed by atoms with Crippen molar-refractivity contribution in [3.05, 3.63) is 0 Å². The second-order valence-electron chi connectivity index (χ2n) is 3.81. The van der Waals surface area contributed by atoms with E-state index in [4.69, 9.17) is 0 Å². The third kappa shape index (κ3) is 4.29. The first-order valence-electron chi connectivity index (χ1n) is 5.19. The Balaban J connectivity index is 2.25. The summed E-state index contributed by atoms with van der Waals surface area (Å²) in [5.41, 5.74) is 0. The van der Waals surface area contributed by atoms with Crippen LogP contribution in [0.4, 0.5) is 0 Å². The molecular formula is C10H18N2O3. The normalized spacial score (nSPS) is 16.9. The van der Waals surface area contributed by atoms with E-state index in [0.717, 1.165) is 6.42 Å². The number of carbonyl (C=O) groups excluding carboxylic acids is 2. The summed E-state index contributed by atoms with van der Waals surface area (Å²) in [7, 11) is 3.05. The highest BCUT2D eigenvalue weighted by molar-refractivity contribution is 5.85. The zero-order valence-electron chi connectivity index (χ0n) is 9.21. The minimum absolute atomic E-state index is 0.0574. The van der Waals surface area contributed by atoms with Crippen LogP contribution in [0.1, 0.15) is 19.3 Å². The molecule has 5 heteroatoms. The van der Waals surface area contributed by atoms with Crippen LogP contribution in [0.2, 0.25) is 0 Å². The molecule has 0 saturated heterocycles. The SMILES string of the molecule is CNC(CC1CC1)C(=O)NCC(=O)OC. The van der Waals surface area contributed by atoms with Crippen LogP contribution in [0.15, 0.2) is 0 Å². The summed E-state index contributed by atoms with van der Waals surface area (Å²) in [5.74, 6) is 0.116. The quantitative estimate of drug-likeness (QED) is 0.594. The standard InChI is InChI=1S/C10H18N2O3/c1-11-8(5-7-3-4-7)10(14)12-6-9(13)15-2/h7-8,11H,3-6H2,1-2H3,(H,12,14). The number of ether oxygens (including phenoxy) is 1. The largest absolute Gasteiger partial charge is 0.468 e. The molecule has 0 aliphatic heterocycles. The lowest BCUT2D eigenvalue weighted by Crippen LogP contribution is -2.44. The predicted molar refractivity (Wildman–Crippen MR) is 55.2 cm³/mol. The van der Waals surface area contributed by atoms with Crippen molar-refractivity contribution in [2.75, 3.05) is 20.7 Å². The number of hydrogen-bond donors (Lipinski definition) is 2. The zero-order valence-corrected chi connectivity index (χ0v) is 9.21. The molecule has 0 bridgehead atoms. The molecule has 0 radical (unpaired) electrons. The van der Waals surface area contributed by atoms with Gasteiger partial charge in [0.25, 0.3) is 0 Å². The smallest absolute Gasteiger partial charge is 0.325 e. The first-order chi connectivity index (χ1) is 7.17. The van der Waals surface area contributed by atoms with Crippen LogP contribution in [-0.2, 0) is 14.3 Å². The van der Waals surface area contributed by atoms with Gasteiger partial charge in [-0.25, -0.2) is 0 Å². The highest BCUT2D eigenvalue weighted by atomic mass is 16.5. The second-order valence-corrected chi connectivity index (χ2v) is 3.81. The van der Waals surface area contributed by atoms with Crippen LogP contribution in [0.25, 0.3) is 0 Å². The van der Waals surface area contributed by atoms with Gasteiger partial charge in [-0.3, -0.25) is 9.59 Å². The summed E-state index contributed by atoms with van der Waals surface area (Å²) in [6.07, 6.45) is 3.27. The third-order valence-corrected chi connectivity index (χ3v) is 2.57. The molecular weight excluding hydrogens is 196 g/mol. The lowest BCUT2D eigenvalue weighted by molar-refractivity contribution is -0.141. The summed E-state index contributed by atoms with van der Waals surface area (Å²) in [4.78, 5) is 22.4. The number of likely N-dealkylation sites (N-methyl/N-ethyl adjacent to an activating group) is 1. The Hall–Kier alpha value is -1.10. The Kier molecular flexibility index (Phi) is 4.55. The molecule has 0 spiro atoms. The number of carbonyl (C=O) groups is 2. The molecule has 5 nitrogen and oxygen atoms in total. The van der Waals surface area contributed by atoms with Gasteiger partial charge < -0.3 is 15.4 Å². The van der Waals surface area contributed by atoms with Crippen molar-refractivity contribution in [1.29, 1.82) is 0 Å². The van der Waals surface area contributed by atoms with E-state index in [0.29, 0.717) is 5.92 Å². The highest BCUT2D eigenvalue weighted by Crippen LogP contribution is 2.33. The van der Waals surface area contributed by atoms with Crippen molar-refractivity contribution < 1.29 is 14.3 Å². The van der Waals surface area contributed by atoms with Gasteiger partial charge in [0.05, 0.1) is 13.2 Å². The number of esters is 1. The van der Waals surface area contributed by atoms with Crippen molar-refractivity contribution in [1.82, 2.24) is 10.6 Å². The van der Waals surface area contributed by atoms with Gasteiger partial charge in [0, 0.05) is 0 Å². The Morgan fingerprint density at radius 2 is 2.13 bits per heavy atom. The Morgan fingerprint density at radius 3 is 2.60 bits per heavy atom. The van der Waals surface area contributed by atoms with Crippen LogP contribution in [0.3, 0.4) is 0 Å². The second kappa shape index (κ2) is 5.70. The van der Waals surface area contributed by atoms with E-state index in [1.807, 2.05) is 0 Å². The minimum atomic E-state index is -0.426. The van der Waals surface area contributed by atoms with Crippen molar-refractivity contribution in [3.8, 4) is 0 Å². The van der Waals surface area contributed by atoms with Gasteiger partial charge in [-0.2, -0.15) is 0 Å². The Labute approximate surface area is 89.6 Å². The topological polar surface area (TPSA) is 67.4 Å². The summed E-state index contributed by atoms with van der Waals surface area (Å²) in [6.45, 7) is -0.0574. The van der Waals surface area contributed by atoms with Gasteiger partial charge in [0.2, 0.25) is 5.91 Å². The number of hydrogen-bond acceptors (Lipinski definition) is 4. The van der Waals surface area contributed by atoms with Gasteiger partial charge in [-0.15, -0.1) is 0 Å². The molecule has 1 atom stereocenters. The molecule has 1 unspecified atom stereocenters. The summed E-state index contributed by atoms with van der Waals surface area (Å²) in [5, 5.41) is 5.49. The fourth-order valence-electron chi connectivity index (χ4n) is 1.40. The third-order valence-electron chi connectivity index (χ3n) is 2.57. The molecule has 1 rings (SSSR count). The van der Waals surface area contributed by atoms with E-state index in [1.165, 1.54) is 20.0 Å². The molecule has 2 N–H and O–H groups in total. The maximum Gasteiger partial charge on any atom is 0.325 e. The molecule has 1 fully saturated rings. The molecule has 1 aliphatic rings. The average Bonchev–Trinajstić information content (AvgIpc) is 3.05. The van der Waals surface area contributed by atoms with E-state index >= 15 is 0 Å². The lowest BCUT2D eigenvalue weighted by atomic mass is 10.1. The monoisotopic (exact) mass is 214 g/mol. The molecule has 1 aliphatic carbocycles. The first-order valence-corrected chi connectivity index (χ1v) is 5.19. The summed E-state index contributed by atoms with van der Waals surface area (Å²) >= 11 is 0. The number of methoxy groups -OCH3 is 1. The van der Waals surface area contributed by atoms with Crippen molar-refractivity contribution in [3.63, 3.8) is 0 Å². The first kappa shape index (κ1) is 12.0. The molecule has 0 aromatic heterocycles. The zero-order chi connectivity index (χ0) is 11.3. The Morgan fingerprint density at radius 1 is 1.47 bits per heavy atom. The van der Waals surface area contributed by atoms with Gasteiger partial charge in [-0.1, -0.05) is 12.8 Å². The van der Waals surface area contributed by atoms with Crippen molar-refractivity contribution >= 4 is 11.9 Å². The molecule has 86 valence electrons. The molecule has 0 heterocycles. The average molecular weight is 214 g/mol. The van der Waals surface area contributed by atoms with E-state index in [2.05, 4.69) is 15.4 Å². The fourth-order valence-corrected chi connectivity index (χ4v) is 1.40. The minimum Gasteiger partial charge on any atom is -0.468 e. The Bertz CT molecular complexity index is 239. The highest BCUT2D eigenvalue weighted by Gasteiger charge is 2.28. The maximum absolute atomic E-state index is 11.6. The molecule has 0 aromatic carbocycles. The van der Waals surface area contributed by atoms with Crippen LogP contribution in [-0.4, -0.2) is 38.6 Å². The fraction of sp³-hybridized carbons (Fsp3) is 0.800. The van der Waals surface area contributed by atoms with Crippen LogP contribution in [0, 0.1) is 5.92 Å². The van der Waals surface area contributed by atoms with Crippen LogP contribution >= 0.6 is 0 Å². The number of amides is 1. The summed E-state index contributed by atoms with van der Waals surface area (Å²) in [6, 6.07) is -0.192. The maximum atomic E-state index is 11.6. The van der Waals surface area contributed by atoms with Crippen molar-refractivity contribution in [2.24, 2.45) is 5.92 Å². The molecule has 1 saturated carbocycles. The van der Waals surface area contributed by atoms with Crippen LogP contribution in [0.5, 0.6) is 0 Å². The van der Waals surface area contributed by atoms with Crippen LogP contribution < -0.4 is 10.6 Å². The molecule has 0 aromatic rings. The predicted octanol–water partition coefficient (Wildman–Crippen LogP) is -0.336. The molecule has 1 amide bonds. The number of nitrogens with one attached hydrogen (secondary N) is 2. The lowest BCUT2D eigenvalue weighted by Gasteiger charge is -2.14. The van der Waals surface area contributed by atoms with E-state index < -0.39 is 5.97 Å². The van der Waals surface area contributed by atoms with E-state index in [1.54, 1.807) is 7.05 Å². The van der Waals surface area contributed by atoms with Gasteiger partial charge in [-0.05, 0) is 19.4 Å². The van der Waals surface area contributed by atoms with Gasteiger partial charge in [0.15, 0.2) is 0 Å². The number of rotatable bonds is 6. The van der Waals surface area contributed by atoms with Gasteiger partial charge >= 0.3 is 5.97 Å². The van der Waals surface area contributed by atoms with Gasteiger partial charge in [0.1, 0.15) is 6.54 Å². The summed E-state index contributed by atoms with van der Waals surface area (Å²) < 4.78 is 4.43.